The maximum Gasteiger partial charge on any atom is 0.124 e. The maximum absolute atomic E-state index is 4.95. The van der Waals surface area contributed by atoms with Crippen LogP contribution in [0.3, 0.4) is 0 Å². The molecule has 0 spiro atoms. The highest BCUT2D eigenvalue weighted by Crippen LogP contribution is 2.26. The molecule has 2 atom stereocenters. The van der Waals surface area contributed by atoms with Gasteiger partial charge in [0.25, 0.3) is 0 Å². The zero-order chi connectivity index (χ0) is 14.0. The lowest BCUT2D eigenvalue weighted by Gasteiger charge is -2.46. The summed E-state index contributed by atoms with van der Waals surface area (Å²) >= 11 is 0. The average molecular weight is 265 g/mol. The van der Waals surface area contributed by atoms with Crippen LogP contribution < -0.4 is 5.32 Å². The van der Waals surface area contributed by atoms with Crippen LogP contribution in [-0.4, -0.2) is 35.2 Å². The van der Waals surface area contributed by atoms with Crippen molar-refractivity contribution in [1.29, 1.82) is 0 Å². The van der Waals surface area contributed by atoms with Crippen LogP contribution in [0.4, 0.5) is 0 Å². The van der Waals surface area contributed by atoms with Gasteiger partial charge in [-0.3, -0.25) is 4.90 Å². The van der Waals surface area contributed by atoms with Crippen LogP contribution in [0, 0.1) is 11.3 Å². The van der Waals surface area contributed by atoms with E-state index < -0.39 is 0 Å². The van der Waals surface area contributed by atoms with Gasteiger partial charge in [0.1, 0.15) is 6.26 Å². The molecule has 0 aromatic carbocycles. The standard InChI is InChI=1S/C15H27N3O/c1-11(2)13-8-16-14(15(3,4)5)10-18(13)9-12-6-7-19-17-12/h6-7,11,13-14,16H,8-10H2,1-5H3. The number of piperazine rings is 1. The number of hydrogen-bond donors (Lipinski definition) is 1. The normalized spacial score (nSPS) is 26.0. The minimum absolute atomic E-state index is 0.282. The summed E-state index contributed by atoms with van der Waals surface area (Å²) in [6.45, 7) is 14.5. The smallest absolute Gasteiger partial charge is 0.124 e. The molecule has 0 aliphatic carbocycles. The first kappa shape index (κ1) is 14.5. The molecule has 2 heterocycles. The Balaban J connectivity index is 2.08. The molecule has 19 heavy (non-hydrogen) atoms. The van der Waals surface area contributed by atoms with E-state index in [2.05, 4.69) is 50.0 Å². The lowest BCUT2D eigenvalue weighted by Crippen LogP contribution is -2.61. The Kier molecular flexibility index (Phi) is 4.31. The largest absolute Gasteiger partial charge is 0.364 e. The number of aromatic nitrogens is 1. The predicted molar refractivity (Wildman–Crippen MR) is 76.8 cm³/mol. The zero-order valence-corrected chi connectivity index (χ0v) is 12.8. The van der Waals surface area contributed by atoms with Crippen molar-refractivity contribution >= 4 is 0 Å². The predicted octanol–water partition coefficient (Wildman–Crippen LogP) is 2.52. The molecule has 1 aliphatic heterocycles. The van der Waals surface area contributed by atoms with E-state index in [1.54, 1.807) is 6.26 Å². The van der Waals surface area contributed by atoms with Crippen molar-refractivity contribution in [2.75, 3.05) is 13.1 Å². The van der Waals surface area contributed by atoms with Gasteiger partial charge in [0.15, 0.2) is 0 Å². The lowest BCUT2D eigenvalue weighted by atomic mass is 9.83. The van der Waals surface area contributed by atoms with Gasteiger partial charge < -0.3 is 9.84 Å². The van der Waals surface area contributed by atoms with Gasteiger partial charge in [0.2, 0.25) is 0 Å². The number of hydrogen-bond acceptors (Lipinski definition) is 4. The molecule has 2 rings (SSSR count). The molecular formula is C15H27N3O. The molecule has 1 aliphatic rings. The Hall–Kier alpha value is -0.870. The molecule has 1 fully saturated rings. The summed E-state index contributed by atoms with van der Waals surface area (Å²) in [6, 6.07) is 3.05. The van der Waals surface area contributed by atoms with Crippen molar-refractivity contribution in [3.8, 4) is 0 Å². The second-order valence-corrected chi connectivity index (χ2v) is 7.06. The molecule has 0 saturated carbocycles. The van der Waals surface area contributed by atoms with Gasteiger partial charge in [0.05, 0.1) is 5.69 Å². The fourth-order valence-corrected chi connectivity index (χ4v) is 2.77. The fraction of sp³-hybridized carbons (Fsp3) is 0.800. The molecule has 1 aromatic heterocycles. The maximum atomic E-state index is 4.95. The average Bonchev–Trinajstić information content (AvgIpc) is 2.80. The minimum Gasteiger partial charge on any atom is -0.364 e. The highest BCUT2D eigenvalue weighted by molar-refractivity contribution is 4.99. The first-order chi connectivity index (χ1) is 8.88. The molecule has 2 unspecified atom stereocenters. The summed E-state index contributed by atoms with van der Waals surface area (Å²) in [5.41, 5.74) is 1.31. The molecule has 1 aromatic rings. The molecule has 0 bridgehead atoms. The van der Waals surface area contributed by atoms with Crippen molar-refractivity contribution in [3.05, 3.63) is 18.0 Å². The SMILES string of the molecule is CC(C)C1CNC(C(C)(C)C)CN1Cc1ccon1. The lowest BCUT2D eigenvalue weighted by molar-refractivity contribution is 0.0555. The van der Waals surface area contributed by atoms with Crippen LogP contribution >= 0.6 is 0 Å². The minimum atomic E-state index is 0.282. The Morgan fingerprint density at radius 3 is 2.74 bits per heavy atom. The van der Waals surface area contributed by atoms with Crippen molar-refractivity contribution < 1.29 is 4.52 Å². The van der Waals surface area contributed by atoms with E-state index in [1.165, 1.54) is 0 Å². The molecule has 1 saturated heterocycles. The molecule has 0 radical (unpaired) electrons. The Labute approximate surface area is 116 Å². The van der Waals surface area contributed by atoms with E-state index in [1.807, 2.05) is 6.07 Å². The summed E-state index contributed by atoms with van der Waals surface area (Å²) < 4.78 is 4.95. The van der Waals surface area contributed by atoms with Gasteiger partial charge in [-0.1, -0.05) is 39.8 Å². The zero-order valence-electron chi connectivity index (χ0n) is 12.8. The van der Waals surface area contributed by atoms with E-state index in [4.69, 9.17) is 4.52 Å². The van der Waals surface area contributed by atoms with Crippen molar-refractivity contribution in [2.24, 2.45) is 11.3 Å². The van der Waals surface area contributed by atoms with Gasteiger partial charge in [-0.2, -0.15) is 0 Å². The number of rotatable bonds is 3. The third kappa shape index (κ3) is 3.57. The number of nitrogens with one attached hydrogen (secondary N) is 1. The summed E-state index contributed by atoms with van der Waals surface area (Å²) in [6.07, 6.45) is 1.66. The quantitative estimate of drug-likeness (QED) is 0.912. The molecule has 108 valence electrons. The topological polar surface area (TPSA) is 41.3 Å². The molecule has 4 heteroatoms. The van der Waals surface area contributed by atoms with Gasteiger partial charge in [-0.25, -0.2) is 0 Å². The highest BCUT2D eigenvalue weighted by Gasteiger charge is 2.35. The van der Waals surface area contributed by atoms with Gasteiger partial charge in [-0.15, -0.1) is 0 Å². The number of nitrogens with zero attached hydrogens (tertiary/aromatic N) is 2. The first-order valence-corrected chi connectivity index (χ1v) is 7.24. The second kappa shape index (κ2) is 5.63. The molecular weight excluding hydrogens is 238 g/mol. The summed E-state index contributed by atoms with van der Waals surface area (Å²) in [5.74, 6) is 0.639. The third-order valence-corrected chi connectivity index (χ3v) is 4.13. The van der Waals surface area contributed by atoms with Crippen LogP contribution in [-0.2, 0) is 6.54 Å². The summed E-state index contributed by atoms with van der Waals surface area (Å²) in [7, 11) is 0. The van der Waals surface area contributed by atoms with Gasteiger partial charge >= 0.3 is 0 Å². The monoisotopic (exact) mass is 265 g/mol. The van der Waals surface area contributed by atoms with Gasteiger partial charge in [-0.05, 0) is 11.3 Å². The summed E-state index contributed by atoms with van der Waals surface area (Å²) in [4.78, 5) is 2.55. The highest BCUT2D eigenvalue weighted by atomic mass is 16.5. The van der Waals surface area contributed by atoms with E-state index in [9.17, 15) is 0 Å². The van der Waals surface area contributed by atoms with E-state index in [-0.39, 0.29) is 5.41 Å². The van der Waals surface area contributed by atoms with Crippen molar-refractivity contribution in [2.45, 2.75) is 53.2 Å². The van der Waals surface area contributed by atoms with Gasteiger partial charge in [0, 0.05) is 37.8 Å². The second-order valence-electron chi connectivity index (χ2n) is 7.06. The van der Waals surface area contributed by atoms with Crippen molar-refractivity contribution in [3.63, 3.8) is 0 Å². The van der Waals surface area contributed by atoms with Crippen LogP contribution in [0.5, 0.6) is 0 Å². The van der Waals surface area contributed by atoms with E-state index in [0.29, 0.717) is 18.0 Å². The molecule has 4 nitrogen and oxygen atoms in total. The Bertz CT molecular complexity index is 381. The Morgan fingerprint density at radius 1 is 1.47 bits per heavy atom. The van der Waals surface area contributed by atoms with Crippen molar-refractivity contribution in [1.82, 2.24) is 15.4 Å². The van der Waals surface area contributed by atoms with Crippen LogP contribution in [0.25, 0.3) is 0 Å². The fourth-order valence-electron chi connectivity index (χ4n) is 2.77. The third-order valence-electron chi connectivity index (χ3n) is 4.13. The Morgan fingerprint density at radius 2 is 2.21 bits per heavy atom. The van der Waals surface area contributed by atoms with E-state index >= 15 is 0 Å². The summed E-state index contributed by atoms with van der Waals surface area (Å²) in [5, 5.41) is 7.77. The first-order valence-electron chi connectivity index (χ1n) is 7.24. The van der Waals surface area contributed by atoms with Crippen LogP contribution in [0.1, 0.15) is 40.3 Å². The van der Waals surface area contributed by atoms with Crippen LogP contribution in [0.2, 0.25) is 0 Å². The van der Waals surface area contributed by atoms with Crippen LogP contribution in [0.15, 0.2) is 16.9 Å². The molecule has 0 amide bonds. The molecule has 1 N–H and O–H groups in total. The van der Waals surface area contributed by atoms with E-state index in [0.717, 1.165) is 25.3 Å².